The molecule has 3 aromatic carbocycles. The summed E-state index contributed by atoms with van der Waals surface area (Å²) in [4.78, 5) is 0. The minimum atomic E-state index is -3.96. The van der Waals surface area contributed by atoms with Crippen LogP contribution in [0.1, 0.15) is 17.5 Å². The van der Waals surface area contributed by atoms with E-state index in [-0.39, 0.29) is 11.5 Å². The van der Waals surface area contributed by atoms with Gasteiger partial charge in [-0.1, -0.05) is 42.5 Å². The first-order valence-corrected chi connectivity index (χ1v) is 13.6. The molecule has 0 spiro atoms. The Bertz CT molecular complexity index is 1370. The molecule has 0 aromatic heterocycles. The number of phenols is 1. The molecule has 2 heterocycles. The Morgan fingerprint density at radius 3 is 2.16 bits per heavy atom. The van der Waals surface area contributed by atoms with Crippen molar-refractivity contribution < 1.29 is 27.2 Å². The van der Waals surface area contributed by atoms with Crippen LogP contribution >= 0.6 is 0 Å². The zero-order chi connectivity index (χ0) is 25.4. The van der Waals surface area contributed by atoms with E-state index in [1.807, 2.05) is 62.1 Å². The van der Waals surface area contributed by atoms with Gasteiger partial charge in [-0.15, -0.1) is 0 Å². The quantitative estimate of drug-likeness (QED) is 0.425. The van der Waals surface area contributed by atoms with Crippen LogP contribution in [0.25, 0.3) is 11.1 Å². The smallest absolute Gasteiger partial charge is 0.315 e. The van der Waals surface area contributed by atoms with Gasteiger partial charge in [0.05, 0.1) is 12.7 Å². The lowest BCUT2D eigenvalue weighted by Crippen LogP contribution is -2.35. The molecule has 5 radical (unpaired) electrons. The van der Waals surface area contributed by atoms with Gasteiger partial charge in [0, 0.05) is 12.3 Å². The number of ether oxygens (including phenoxy) is 2. The van der Waals surface area contributed by atoms with Gasteiger partial charge < -0.3 is 18.8 Å². The second-order valence-corrected chi connectivity index (χ2v) is 10.9. The molecule has 1 N–H and O–H groups in total. The van der Waals surface area contributed by atoms with E-state index in [2.05, 4.69) is 0 Å². The molecule has 3 aliphatic rings. The van der Waals surface area contributed by atoms with Crippen molar-refractivity contribution >= 4 is 21.3 Å². The highest BCUT2D eigenvalue weighted by Gasteiger charge is 2.53. The predicted molar refractivity (Wildman–Crippen MR) is 140 cm³/mol. The Labute approximate surface area is 217 Å². The number of benzene rings is 3. The van der Waals surface area contributed by atoms with Gasteiger partial charge in [0.2, 0.25) is 0 Å². The summed E-state index contributed by atoms with van der Waals surface area (Å²) >= 11 is 0. The van der Waals surface area contributed by atoms with Gasteiger partial charge in [0.25, 0.3) is 0 Å². The molecule has 3 atom stereocenters. The van der Waals surface area contributed by atoms with Crippen molar-refractivity contribution in [3.63, 3.8) is 0 Å². The lowest BCUT2D eigenvalue weighted by molar-refractivity contribution is 0.128. The van der Waals surface area contributed by atoms with E-state index < -0.39 is 27.6 Å². The number of aromatic hydroxyl groups is 1. The lowest BCUT2D eigenvalue weighted by Gasteiger charge is -2.25. The first kappa shape index (κ1) is 24.1. The molecule has 7 heteroatoms. The molecule has 1 saturated heterocycles. The molecule has 187 valence electrons. The minimum absolute atomic E-state index is 0.165. The van der Waals surface area contributed by atoms with E-state index in [1.165, 1.54) is 0 Å². The van der Waals surface area contributed by atoms with Crippen LogP contribution in [0.2, 0.25) is 0 Å². The summed E-state index contributed by atoms with van der Waals surface area (Å²) in [7, 11) is -3.96. The molecular weight excluding hydrogens is 488 g/mol. The van der Waals surface area contributed by atoms with Crippen LogP contribution in [-0.4, -0.2) is 37.6 Å². The van der Waals surface area contributed by atoms with Crippen LogP contribution < -0.4 is 8.92 Å². The number of hydrogen-bond donors (Lipinski definition) is 1. The largest absolute Gasteiger partial charge is 0.508 e. The van der Waals surface area contributed by atoms with Crippen molar-refractivity contribution in [3.8, 4) is 17.2 Å². The molecular formula is C30H25O6S. The van der Waals surface area contributed by atoms with Gasteiger partial charge in [-0.05, 0) is 84.4 Å². The third kappa shape index (κ3) is 4.86. The molecule has 6 rings (SSSR count). The van der Waals surface area contributed by atoms with Crippen molar-refractivity contribution in [2.45, 2.75) is 23.9 Å². The Morgan fingerprint density at radius 2 is 1.46 bits per heavy atom. The molecule has 6 nitrogen and oxygen atoms in total. The van der Waals surface area contributed by atoms with Crippen LogP contribution in [0, 0.1) is 31.6 Å². The van der Waals surface area contributed by atoms with Crippen LogP contribution in [-0.2, 0) is 14.9 Å². The van der Waals surface area contributed by atoms with Gasteiger partial charge >= 0.3 is 10.1 Å². The van der Waals surface area contributed by atoms with Gasteiger partial charge in [0.1, 0.15) is 28.6 Å². The van der Waals surface area contributed by atoms with E-state index in [0.717, 1.165) is 33.9 Å². The molecule has 1 saturated carbocycles. The summed E-state index contributed by atoms with van der Waals surface area (Å²) < 4.78 is 44.3. The maximum atomic E-state index is 13.3. The Kier molecular flexibility index (Phi) is 6.42. The molecule has 1 aliphatic carbocycles. The standard InChI is InChI=1S/C30H25O6S/c31-23-14-10-21(11-15-23)28-26-18-27(37(32,33)36-25-8-2-1-3-9-25)30(35-26)29(28)22-12-16-24(17-13-22)34-19-20-6-4-5-7-20/h1-17,26-27,30-31H,18-19H2/t26-,27+,30+/m1/s1. The number of phenolic OH excluding ortho intramolecular Hbond substituents is 1. The molecule has 2 fully saturated rings. The van der Waals surface area contributed by atoms with E-state index in [9.17, 15) is 13.5 Å². The van der Waals surface area contributed by atoms with Gasteiger partial charge in [-0.2, -0.15) is 8.42 Å². The fourth-order valence-electron chi connectivity index (χ4n) is 5.07. The van der Waals surface area contributed by atoms with E-state index >= 15 is 0 Å². The van der Waals surface area contributed by atoms with Crippen LogP contribution in [0.15, 0.2) is 78.9 Å². The Morgan fingerprint density at radius 1 is 0.811 bits per heavy atom. The van der Waals surface area contributed by atoms with Crippen molar-refractivity contribution in [2.24, 2.45) is 0 Å². The summed E-state index contributed by atoms with van der Waals surface area (Å²) in [6, 6.07) is 23.1. The summed E-state index contributed by atoms with van der Waals surface area (Å²) in [6.45, 7) is 0.471. The number of para-hydroxylation sites is 1. The molecule has 2 bridgehead atoms. The zero-order valence-electron chi connectivity index (χ0n) is 19.9. The number of fused-ring (bicyclic) bond motifs is 2. The van der Waals surface area contributed by atoms with Crippen molar-refractivity contribution in [1.29, 1.82) is 0 Å². The average Bonchev–Trinajstić information content (AvgIpc) is 3.66. The first-order chi connectivity index (χ1) is 18.0. The topological polar surface area (TPSA) is 82.1 Å². The Hall–Kier alpha value is -3.29. The SMILES string of the molecule is O=S(=O)(Oc1ccccc1)[C@H]1C[C@H]2O[C@@H]1C(c1ccc(OC[C]3[CH][CH][CH][CH]3)cc1)=C2c1ccc(O)cc1. The van der Waals surface area contributed by atoms with Crippen LogP contribution in [0.4, 0.5) is 0 Å². The highest BCUT2D eigenvalue weighted by molar-refractivity contribution is 7.87. The third-order valence-electron chi connectivity index (χ3n) is 6.80. The molecule has 3 aromatic rings. The maximum Gasteiger partial charge on any atom is 0.315 e. The summed E-state index contributed by atoms with van der Waals surface area (Å²) in [6.07, 6.45) is 7.16. The highest BCUT2D eigenvalue weighted by atomic mass is 32.2. The van der Waals surface area contributed by atoms with E-state index in [1.54, 1.807) is 42.5 Å². The molecule has 0 amide bonds. The summed E-state index contributed by atoms with van der Waals surface area (Å²) in [5, 5.41) is 8.95. The molecule has 0 unspecified atom stereocenters. The third-order valence-corrected chi connectivity index (χ3v) is 8.40. The van der Waals surface area contributed by atoms with Gasteiger partial charge in [0.15, 0.2) is 0 Å². The Balaban J connectivity index is 1.32. The van der Waals surface area contributed by atoms with Gasteiger partial charge in [-0.3, -0.25) is 0 Å². The second kappa shape index (κ2) is 9.88. The predicted octanol–water partition coefficient (Wildman–Crippen LogP) is 5.04. The molecule has 2 aliphatic heterocycles. The monoisotopic (exact) mass is 513 g/mol. The molecule has 37 heavy (non-hydrogen) atoms. The first-order valence-electron chi connectivity index (χ1n) is 12.1. The van der Waals surface area contributed by atoms with Crippen LogP contribution in [0.3, 0.4) is 0 Å². The van der Waals surface area contributed by atoms with Crippen molar-refractivity contribution in [2.75, 3.05) is 6.61 Å². The van der Waals surface area contributed by atoms with Crippen LogP contribution in [0.5, 0.6) is 17.2 Å². The number of rotatable bonds is 8. The number of hydrogen-bond acceptors (Lipinski definition) is 6. The van der Waals surface area contributed by atoms with E-state index in [4.69, 9.17) is 13.7 Å². The lowest BCUT2D eigenvalue weighted by atomic mass is 9.83. The fourth-order valence-corrected chi connectivity index (χ4v) is 6.49. The second-order valence-electron chi connectivity index (χ2n) is 9.19. The summed E-state index contributed by atoms with van der Waals surface area (Å²) in [5.74, 6) is 2.26. The van der Waals surface area contributed by atoms with Crippen molar-refractivity contribution in [1.82, 2.24) is 0 Å². The minimum Gasteiger partial charge on any atom is -0.508 e. The highest BCUT2D eigenvalue weighted by Crippen LogP contribution is 2.51. The normalized spacial score (nSPS) is 23.5. The maximum absolute atomic E-state index is 13.3. The van der Waals surface area contributed by atoms with Crippen molar-refractivity contribution in [3.05, 3.63) is 122 Å². The van der Waals surface area contributed by atoms with Gasteiger partial charge in [-0.25, -0.2) is 0 Å². The zero-order valence-corrected chi connectivity index (χ0v) is 20.7. The van der Waals surface area contributed by atoms with E-state index in [0.29, 0.717) is 13.0 Å². The summed E-state index contributed by atoms with van der Waals surface area (Å²) in [5.41, 5.74) is 3.49. The average molecular weight is 514 g/mol. The fraction of sp³-hybridized carbons (Fsp3) is 0.167.